The molecule has 56 heavy (non-hydrogen) atoms. The molecule has 0 saturated heterocycles. The second kappa shape index (κ2) is 12.0. The first-order valence-corrected chi connectivity index (χ1v) is 19.0. The van der Waals surface area contributed by atoms with Gasteiger partial charge in [-0.25, -0.2) is 9.97 Å². The van der Waals surface area contributed by atoms with E-state index in [4.69, 9.17) is 14.4 Å². The van der Waals surface area contributed by atoms with Crippen LogP contribution in [0.3, 0.4) is 0 Å². The van der Waals surface area contributed by atoms with Gasteiger partial charge >= 0.3 is 0 Å². The number of aromatic nitrogens is 3. The molecule has 9 aromatic carbocycles. The average Bonchev–Trinajstić information content (AvgIpc) is 3.80. The molecule has 0 unspecified atom stereocenters. The molecule has 0 aliphatic carbocycles. The fraction of sp³-hybridized carbons (Fsp3) is 0. The summed E-state index contributed by atoms with van der Waals surface area (Å²) in [5, 5.41) is 10.4. The molecule has 260 valence electrons. The lowest BCUT2D eigenvalue weighted by Gasteiger charge is -2.12. The Labute approximate surface area is 321 Å². The van der Waals surface area contributed by atoms with Gasteiger partial charge in [0.05, 0.1) is 22.2 Å². The van der Waals surface area contributed by atoms with Gasteiger partial charge in [-0.2, -0.15) is 0 Å². The second-order valence-corrected chi connectivity index (χ2v) is 14.6. The molecule has 3 heterocycles. The Morgan fingerprint density at radius 3 is 2.00 bits per heavy atom. The third kappa shape index (κ3) is 4.73. The van der Waals surface area contributed by atoms with Crippen molar-refractivity contribution in [3.05, 3.63) is 188 Å². The third-order valence-electron chi connectivity index (χ3n) is 11.3. The predicted molar refractivity (Wildman–Crippen MR) is 232 cm³/mol. The van der Waals surface area contributed by atoms with Crippen LogP contribution in [0.4, 0.5) is 0 Å². The molecule has 4 nitrogen and oxygen atoms in total. The molecule has 0 radical (unpaired) electrons. The maximum Gasteiger partial charge on any atom is 0.160 e. The molecule has 0 aliphatic rings. The van der Waals surface area contributed by atoms with Crippen molar-refractivity contribution < 1.29 is 4.42 Å². The second-order valence-electron chi connectivity index (χ2n) is 14.6. The summed E-state index contributed by atoms with van der Waals surface area (Å²) in [4.78, 5) is 10.4. The highest BCUT2D eigenvalue weighted by atomic mass is 16.3. The van der Waals surface area contributed by atoms with Crippen LogP contribution in [0.25, 0.3) is 116 Å². The lowest BCUT2D eigenvalue weighted by Crippen LogP contribution is -1.96. The van der Waals surface area contributed by atoms with E-state index in [-0.39, 0.29) is 0 Å². The van der Waals surface area contributed by atoms with E-state index >= 15 is 0 Å². The van der Waals surface area contributed by atoms with Crippen LogP contribution in [0, 0.1) is 0 Å². The summed E-state index contributed by atoms with van der Waals surface area (Å²) in [5.41, 5.74) is 11.3. The van der Waals surface area contributed by atoms with Crippen molar-refractivity contribution in [3.8, 4) is 39.5 Å². The lowest BCUT2D eigenvalue weighted by molar-refractivity contribution is 0.670. The van der Waals surface area contributed by atoms with Crippen molar-refractivity contribution >= 4 is 76.2 Å². The van der Waals surface area contributed by atoms with Crippen LogP contribution in [-0.2, 0) is 0 Å². The van der Waals surface area contributed by atoms with Gasteiger partial charge in [0.1, 0.15) is 11.2 Å². The van der Waals surface area contributed by atoms with Crippen LogP contribution in [-0.4, -0.2) is 14.5 Å². The Bertz CT molecular complexity index is 3540. The number of nitrogens with zero attached hydrogens (tertiary/aromatic N) is 3. The van der Waals surface area contributed by atoms with E-state index in [1.165, 1.54) is 43.7 Å². The van der Waals surface area contributed by atoms with Gasteiger partial charge in [0.25, 0.3) is 0 Å². The van der Waals surface area contributed by atoms with Crippen molar-refractivity contribution in [1.29, 1.82) is 0 Å². The minimum absolute atomic E-state index is 0.682. The smallest absolute Gasteiger partial charge is 0.160 e. The van der Waals surface area contributed by atoms with Crippen LogP contribution < -0.4 is 0 Å². The Kier molecular flexibility index (Phi) is 6.60. The molecule has 0 bridgehead atoms. The summed E-state index contributed by atoms with van der Waals surface area (Å²) in [7, 11) is 0. The summed E-state index contributed by atoms with van der Waals surface area (Å²) >= 11 is 0. The number of benzene rings is 9. The number of hydrogen-bond donors (Lipinski definition) is 0. The number of furan rings is 1. The lowest BCUT2D eigenvalue weighted by atomic mass is 10.0. The summed E-state index contributed by atoms with van der Waals surface area (Å²) in [5.74, 6) is 0.682. The number of rotatable bonds is 4. The van der Waals surface area contributed by atoms with Crippen LogP contribution in [0.1, 0.15) is 0 Å². The summed E-state index contributed by atoms with van der Waals surface area (Å²) in [6.07, 6.45) is 0. The van der Waals surface area contributed by atoms with Gasteiger partial charge in [-0.3, -0.25) is 0 Å². The molecule has 0 amide bonds. The molecule has 3 aromatic heterocycles. The number of fused-ring (bicyclic) bond motifs is 9. The van der Waals surface area contributed by atoms with Crippen molar-refractivity contribution in [2.24, 2.45) is 0 Å². The SMILES string of the molecule is c1ccc(-c2ccc3c(c2)c2cc4ccccc4cc2n3-c2ccc3cc(-c4nc(-c5cccc6c5oc5ccccc56)c5ccccc5n4)ccc3c2)cc1. The molecule has 12 rings (SSSR count). The minimum atomic E-state index is 0.682. The Hall–Kier alpha value is -7.56. The van der Waals surface area contributed by atoms with Gasteiger partial charge in [0.15, 0.2) is 5.82 Å². The molecule has 0 atom stereocenters. The maximum absolute atomic E-state index is 6.47. The Balaban J connectivity index is 1.01. The molecule has 0 fully saturated rings. The van der Waals surface area contributed by atoms with E-state index < -0.39 is 0 Å². The zero-order valence-corrected chi connectivity index (χ0v) is 30.1. The molecule has 0 spiro atoms. The van der Waals surface area contributed by atoms with Crippen molar-refractivity contribution in [2.45, 2.75) is 0 Å². The van der Waals surface area contributed by atoms with E-state index in [0.717, 1.165) is 66.1 Å². The van der Waals surface area contributed by atoms with Crippen LogP contribution in [0.15, 0.2) is 192 Å². The minimum Gasteiger partial charge on any atom is -0.455 e. The topological polar surface area (TPSA) is 43.9 Å². The number of hydrogen-bond acceptors (Lipinski definition) is 3. The largest absolute Gasteiger partial charge is 0.455 e. The third-order valence-corrected chi connectivity index (χ3v) is 11.3. The highest BCUT2D eigenvalue weighted by molar-refractivity contribution is 6.15. The normalized spacial score (nSPS) is 11.9. The van der Waals surface area contributed by atoms with Crippen molar-refractivity contribution in [3.63, 3.8) is 0 Å². The summed E-state index contributed by atoms with van der Waals surface area (Å²) in [6, 6.07) is 66.9. The van der Waals surface area contributed by atoms with Crippen molar-refractivity contribution in [2.75, 3.05) is 0 Å². The Morgan fingerprint density at radius 2 is 1.09 bits per heavy atom. The standard InChI is InChI=1S/C52H31N3O/c1-2-11-32(12-3-1)37-24-26-47-44(30-37)45-29-33-13-4-5-14-34(33)31-48(45)55(47)39-25-23-35-27-38(22-21-36(35)28-39)52-53-46-19-8-6-16-42(46)50(54-52)43-18-10-17-41-40-15-7-9-20-49(40)56-51(41)43/h1-31H. The van der Waals surface area contributed by atoms with Gasteiger partial charge in [-0.1, -0.05) is 127 Å². The monoisotopic (exact) mass is 713 g/mol. The van der Waals surface area contributed by atoms with E-state index in [0.29, 0.717) is 5.82 Å². The molecule has 0 saturated carbocycles. The molecular weight excluding hydrogens is 683 g/mol. The first-order valence-electron chi connectivity index (χ1n) is 19.0. The van der Waals surface area contributed by atoms with Crippen LogP contribution in [0.5, 0.6) is 0 Å². The van der Waals surface area contributed by atoms with Gasteiger partial charge in [0.2, 0.25) is 0 Å². The highest BCUT2D eigenvalue weighted by Crippen LogP contribution is 2.40. The quantitative estimate of drug-likeness (QED) is 0.182. The van der Waals surface area contributed by atoms with Gasteiger partial charge < -0.3 is 8.98 Å². The van der Waals surface area contributed by atoms with Gasteiger partial charge in [-0.15, -0.1) is 0 Å². The zero-order valence-electron chi connectivity index (χ0n) is 30.1. The van der Waals surface area contributed by atoms with E-state index in [9.17, 15) is 0 Å². The summed E-state index contributed by atoms with van der Waals surface area (Å²) in [6.45, 7) is 0. The zero-order chi connectivity index (χ0) is 36.7. The van der Waals surface area contributed by atoms with Gasteiger partial charge in [-0.05, 0) is 93.3 Å². The molecule has 0 N–H and O–H groups in total. The molecular formula is C52H31N3O. The number of para-hydroxylation sites is 3. The fourth-order valence-electron chi connectivity index (χ4n) is 8.65. The summed E-state index contributed by atoms with van der Waals surface area (Å²) < 4.78 is 8.88. The maximum atomic E-state index is 6.47. The molecule has 4 heteroatoms. The molecule has 0 aliphatic heterocycles. The first-order chi connectivity index (χ1) is 27.7. The average molecular weight is 714 g/mol. The van der Waals surface area contributed by atoms with Crippen molar-refractivity contribution in [1.82, 2.24) is 14.5 Å². The predicted octanol–water partition coefficient (Wildman–Crippen LogP) is 13.9. The van der Waals surface area contributed by atoms with E-state index in [2.05, 4.69) is 168 Å². The van der Waals surface area contributed by atoms with Crippen LogP contribution in [0.2, 0.25) is 0 Å². The molecule has 12 aromatic rings. The van der Waals surface area contributed by atoms with E-state index in [1.54, 1.807) is 0 Å². The van der Waals surface area contributed by atoms with E-state index in [1.807, 2.05) is 24.3 Å². The first kappa shape index (κ1) is 30.9. The Morgan fingerprint density at radius 1 is 0.393 bits per heavy atom. The van der Waals surface area contributed by atoms with Crippen LogP contribution >= 0.6 is 0 Å². The van der Waals surface area contributed by atoms with Gasteiger partial charge in [0, 0.05) is 43.7 Å². The highest BCUT2D eigenvalue weighted by Gasteiger charge is 2.19. The fourth-order valence-corrected chi connectivity index (χ4v) is 8.65.